The first kappa shape index (κ1) is 25.1. The second-order valence-electron chi connectivity index (χ2n) is 9.38. The highest BCUT2D eigenvalue weighted by Gasteiger charge is 2.20. The van der Waals surface area contributed by atoms with E-state index in [9.17, 15) is 4.79 Å². The molecular weight excluding hydrogens is 528 g/mol. The molecule has 2 heterocycles. The lowest BCUT2D eigenvalue weighted by atomic mass is 9.95. The third-order valence-corrected chi connectivity index (χ3v) is 6.43. The number of aromatic nitrogens is 4. The number of benzene rings is 2. The number of halogens is 2. The predicted octanol–water partition coefficient (Wildman–Crippen LogP) is 6.60. The fraction of sp³-hybridized carbons (Fsp3) is 0.259. The van der Waals surface area contributed by atoms with Gasteiger partial charge in [0.15, 0.2) is 0 Å². The summed E-state index contributed by atoms with van der Waals surface area (Å²) in [5.74, 6) is 1.43. The van der Waals surface area contributed by atoms with Gasteiger partial charge in [-0.25, -0.2) is 9.97 Å². The molecule has 0 spiro atoms. The smallest absolute Gasteiger partial charge is 0.276 e. The largest absolute Gasteiger partial charge is 0.472 e. The first-order chi connectivity index (χ1) is 16.5. The molecule has 0 aliphatic rings. The Balaban J connectivity index is 1.72. The maximum absolute atomic E-state index is 13.4. The van der Waals surface area contributed by atoms with E-state index in [0.717, 1.165) is 28.2 Å². The fourth-order valence-corrected chi connectivity index (χ4v) is 4.22. The standard InChI is InChI=1S/C27H26BrClN4O2/c1-16-7-6-8-18(13-16)15-35-24-23(28)25(34)33(17(2)31-24)22-14-19(9-10-20(22)29)21-11-12-30-26(32-21)27(3,4)5/h6-14H,15H2,1-5H3. The Morgan fingerprint density at radius 1 is 1.06 bits per heavy atom. The third kappa shape index (κ3) is 5.46. The Labute approximate surface area is 218 Å². The highest BCUT2D eigenvalue weighted by molar-refractivity contribution is 9.10. The fourth-order valence-electron chi connectivity index (χ4n) is 3.64. The number of ether oxygens (including phenoxy) is 1. The third-order valence-electron chi connectivity index (χ3n) is 5.43. The summed E-state index contributed by atoms with van der Waals surface area (Å²) in [7, 11) is 0. The van der Waals surface area contributed by atoms with Crippen LogP contribution in [-0.2, 0) is 12.0 Å². The first-order valence-electron chi connectivity index (χ1n) is 11.2. The van der Waals surface area contributed by atoms with Gasteiger partial charge in [0.2, 0.25) is 5.88 Å². The lowest BCUT2D eigenvalue weighted by Gasteiger charge is -2.18. The van der Waals surface area contributed by atoms with Crippen molar-refractivity contribution in [2.75, 3.05) is 0 Å². The molecular formula is C27H26BrClN4O2. The van der Waals surface area contributed by atoms with Gasteiger partial charge in [-0.05, 0) is 53.5 Å². The van der Waals surface area contributed by atoms with E-state index in [0.29, 0.717) is 23.1 Å². The Morgan fingerprint density at radius 2 is 1.83 bits per heavy atom. The molecule has 8 heteroatoms. The Hall–Kier alpha value is -3.03. The Morgan fingerprint density at radius 3 is 2.54 bits per heavy atom. The minimum Gasteiger partial charge on any atom is -0.472 e. The molecule has 4 aromatic rings. The van der Waals surface area contributed by atoms with Gasteiger partial charge in [0.25, 0.3) is 5.56 Å². The van der Waals surface area contributed by atoms with E-state index in [4.69, 9.17) is 21.3 Å². The number of aryl methyl sites for hydroxylation is 2. The van der Waals surface area contributed by atoms with Crippen LogP contribution in [0.25, 0.3) is 16.9 Å². The number of hydrogen-bond donors (Lipinski definition) is 0. The summed E-state index contributed by atoms with van der Waals surface area (Å²) < 4.78 is 7.58. The van der Waals surface area contributed by atoms with E-state index in [2.05, 4.69) is 46.7 Å². The van der Waals surface area contributed by atoms with Gasteiger partial charge in [0.05, 0.1) is 16.4 Å². The van der Waals surface area contributed by atoms with Crippen LogP contribution in [-0.4, -0.2) is 19.5 Å². The van der Waals surface area contributed by atoms with Gasteiger partial charge in [0, 0.05) is 17.2 Å². The van der Waals surface area contributed by atoms with Crippen molar-refractivity contribution in [3.63, 3.8) is 0 Å². The zero-order valence-electron chi connectivity index (χ0n) is 20.3. The summed E-state index contributed by atoms with van der Waals surface area (Å²) in [4.78, 5) is 27.1. The minimum absolute atomic E-state index is 0.193. The molecule has 2 aromatic heterocycles. The topological polar surface area (TPSA) is 69.9 Å². The molecule has 0 aliphatic heterocycles. The second-order valence-corrected chi connectivity index (χ2v) is 10.6. The highest BCUT2D eigenvalue weighted by Crippen LogP contribution is 2.29. The lowest BCUT2D eigenvalue weighted by molar-refractivity contribution is 0.289. The van der Waals surface area contributed by atoms with Crippen molar-refractivity contribution in [3.8, 4) is 22.8 Å². The van der Waals surface area contributed by atoms with E-state index >= 15 is 0 Å². The number of hydrogen-bond acceptors (Lipinski definition) is 5. The molecule has 4 rings (SSSR count). The van der Waals surface area contributed by atoms with E-state index in [1.54, 1.807) is 19.2 Å². The predicted molar refractivity (Wildman–Crippen MR) is 143 cm³/mol. The van der Waals surface area contributed by atoms with Crippen molar-refractivity contribution in [2.24, 2.45) is 0 Å². The minimum atomic E-state index is -0.311. The van der Waals surface area contributed by atoms with Crippen molar-refractivity contribution < 1.29 is 4.74 Å². The van der Waals surface area contributed by atoms with Gasteiger partial charge in [0.1, 0.15) is 22.7 Å². The normalized spacial score (nSPS) is 11.5. The van der Waals surface area contributed by atoms with Crippen LogP contribution < -0.4 is 10.3 Å². The zero-order valence-corrected chi connectivity index (χ0v) is 22.6. The average molecular weight is 554 g/mol. The van der Waals surface area contributed by atoms with Gasteiger partial charge in [-0.2, -0.15) is 4.98 Å². The second kappa shape index (κ2) is 9.91. The van der Waals surface area contributed by atoms with Crippen LogP contribution in [0.15, 0.2) is 64.0 Å². The van der Waals surface area contributed by atoms with E-state index < -0.39 is 0 Å². The Bertz CT molecular complexity index is 1460. The SMILES string of the molecule is Cc1cccc(COc2nc(C)n(-c3cc(-c4ccnc(C(C)(C)C)n4)ccc3Cl)c(=O)c2Br)c1. The molecule has 0 unspecified atom stereocenters. The van der Waals surface area contributed by atoms with E-state index in [1.807, 2.05) is 49.4 Å². The first-order valence-corrected chi connectivity index (χ1v) is 12.3. The molecule has 0 N–H and O–H groups in total. The van der Waals surface area contributed by atoms with E-state index in [-0.39, 0.29) is 21.3 Å². The van der Waals surface area contributed by atoms with Crippen LogP contribution >= 0.6 is 27.5 Å². The van der Waals surface area contributed by atoms with Crippen molar-refractivity contribution in [3.05, 3.63) is 97.4 Å². The summed E-state index contributed by atoms with van der Waals surface area (Å²) >= 11 is 9.93. The van der Waals surface area contributed by atoms with Crippen LogP contribution in [0.2, 0.25) is 5.02 Å². The molecule has 0 amide bonds. The molecule has 35 heavy (non-hydrogen) atoms. The summed E-state index contributed by atoms with van der Waals surface area (Å²) in [5.41, 5.74) is 3.71. The molecule has 0 atom stereocenters. The molecule has 0 bridgehead atoms. The molecule has 0 saturated carbocycles. The molecule has 0 saturated heterocycles. The molecule has 0 aliphatic carbocycles. The van der Waals surface area contributed by atoms with Gasteiger partial charge >= 0.3 is 0 Å². The van der Waals surface area contributed by atoms with Gasteiger partial charge < -0.3 is 4.74 Å². The highest BCUT2D eigenvalue weighted by atomic mass is 79.9. The van der Waals surface area contributed by atoms with Gasteiger partial charge in [-0.3, -0.25) is 9.36 Å². The number of rotatable bonds is 5. The van der Waals surface area contributed by atoms with Crippen molar-refractivity contribution in [1.82, 2.24) is 19.5 Å². The van der Waals surface area contributed by atoms with Crippen LogP contribution in [0, 0.1) is 13.8 Å². The van der Waals surface area contributed by atoms with Crippen molar-refractivity contribution >= 4 is 27.5 Å². The molecule has 180 valence electrons. The average Bonchev–Trinajstić information content (AvgIpc) is 2.81. The maximum atomic E-state index is 13.4. The van der Waals surface area contributed by atoms with Crippen LogP contribution in [0.5, 0.6) is 5.88 Å². The summed E-state index contributed by atoms with van der Waals surface area (Å²) in [6.45, 7) is 10.3. The molecule has 0 fully saturated rings. The Kier molecular flexibility index (Phi) is 7.10. The molecule has 2 aromatic carbocycles. The van der Waals surface area contributed by atoms with Crippen molar-refractivity contribution in [2.45, 2.75) is 46.6 Å². The molecule has 0 radical (unpaired) electrons. The van der Waals surface area contributed by atoms with Crippen LogP contribution in [0.4, 0.5) is 0 Å². The zero-order chi connectivity index (χ0) is 25.3. The lowest BCUT2D eigenvalue weighted by Crippen LogP contribution is -2.24. The van der Waals surface area contributed by atoms with Gasteiger partial charge in [-0.15, -0.1) is 0 Å². The van der Waals surface area contributed by atoms with Crippen molar-refractivity contribution in [1.29, 1.82) is 0 Å². The summed E-state index contributed by atoms with van der Waals surface area (Å²) in [6, 6.07) is 15.3. The molecule has 6 nitrogen and oxygen atoms in total. The van der Waals surface area contributed by atoms with Crippen LogP contribution in [0.1, 0.15) is 43.5 Å². The number of nitrogens with zero attached hydrogens (tertiary/aromatic N) is 4. The summed E-state index contributed by atoms with van der Waals surface area (Å²) in [6.07, 6.45) is 1.74. The maximum Gasteiger partial charge on any atom is 0.276 e. The van der Waals surface area contributed by atoms with E-state index in [1.165, 1.54) is 4.57 Å². The quantitative estimate of drug-likeness (QED) is 0.278. The van der Waals surface area contributed by atoms with Gasteiger partial charge in [-0.1, -0.05) is 68.3 Å². The van der Waals surface area contributed by atoms with Crippen LogP contribution in [0.3, 0.4) is 0 Å². The monoisotopic (exact) mass is 552 g/mol. The summed E-state index contributed by atoms with van der Waals surface area (Å²) in [5, 5.41) is 0.422.